The lowest BCUT2D eigenvalue weighted by Crippen LogP contribution is -2.17. The molecular formula is C12H16B2N5O2. The molecule has 0 bridgehead atoms. The van der Waals surface area contributed by atoms with Crippen molar-refractivity contribution in [3.63, 3.8) is 0 Å². The van der Waals surface area contributed by atoms with Gasteiger partial charge >= 0.3 is 6.01 Å². The molecule has 0 fully saturated rings. The fourth-order valence-corrected chi connectivity index (χ4v) is 1.89. The summed E-state index contributed by atoms with van der Waals surface area (Å²) < 4.78 is 14.9. The van der Waals surface area contributed by atoms with Crippen LogP contribution in [0.2, 0.25) is 1.41 Å². The van der Waals surface area contributed by atoms with E-state index in [1.54, 1.807) is 0 Å². The molecule has 2 aromatic heterocycles. The van der Waals surface area contributed by atoms with Crippen molar-refractivity contribution >= 4 is 32.7 Å². The van der Waals surface area contributed by atoms with E-state index in [1.807, 2.05) is 6.92 Å². The minimum Gasteiger partial charge on any atom is -0.459 e. The van der Waals surface area contributed by atoms with Crippen LogP contribution < -0.4 is 10.0 Å². The Labute approximate surface area is 126 Å². The third-order valence-corrected chi connectivity index (χ3v) is 2.82. The first-order valence-electron chi connectivity index (χ1n) is 7.22. The summed E-state index contributed by atoms with van der Waals surface area (Å²) in [5, 5.41) is 5.23. The molecule has 107 valence electrons. The molecule has 0 saturated heterocycles. The molecular weight excluding hydrogens is 268 g/mol. The molecule has 0 aromatic carbocycles. The Bertz CT molecular complexity index is 654. The molecule has 1 atom stereocenters. The zero-order valence-electron chi connectivity index (χ0n) is 13.1. The quantitative estimate of drug-likeness (QED) is 0.567. The third kappa shape index (κ3) is 3.53. The van der Waals surface area contributed by atoms with Gasteiger partial charge in [0.1, 0.15) is 5.69 Å². The lowest BCUT2D eigenvalue weighted by atomic mass is 9.56. The number of anilines is 1. The summed E-state index contributed by atoms with van der Waals surface area (Å²) in [7, 11) is 6.68. The Morgan fingerprint density at radius 2 is 2.52 bits per heavy atom. The molecule has 21 heavy (non-hydrogen) atoms. The highest BCUT2D eigenvalue weighted by Crippen LogP contribution is 2.17. The zero-order valence-corrected chi connectivity index (χ0v) is 12.1. The molecule has 0 aliphatic heterocycles. The fourth-order valence-electron chi connectivity index (χ4n) is 1.89. The monoisotopic (exact) mass is 285 g/mol. The summed E-state index contributed by atoms with van der Waals surface area (Å²) in [4.78, 5) is 19.4. The van der Waals surface area contributed by atoms with E-state index >= 15 is 0 Å². The van der Waals surface area contributed by atoms with Crippen molar-refractivity contribution in [3.05, 3.63) is 11.9 Å². The number of hydrogen-bond donors (Lipinski definition) is 1. The topological polar surface area (TPSA) is 81.4 Å². The van der Waals surface area contributed by atoms with Gasteiger partial charge < -0.3 is 10.0 Å². The number of nitrogens with one attached hydrogen (secondary N) is 1. The number of nitrogens with zero attached hydrogens (tertiary/aromatic N) is 4. The van der Waals surface area contributed by atoms with Gasteiger partial charge in [0.2, 0.25) is 0 Å². The largest absolute Gasteiger partial charge is 0.459 e. The van der Waals surface area contributed by atoms with Crippen LogP contribution in [-0.2, 0) is 0 Å². The van der Waals surface area contributed by atoms with E-state index in [2.05, 4.69) is 22.0 Å². The summed E-state index contributed by atoms with van der Waals surface area (Å²) in [5.41, 5.74) is 0.561. The summed E-state index contributed by atoms with van der Waals surface area (Å²) in [5.74, 6) is 0.225. The number of aromatic nitrogens is 4. The molecule has 0 aliphatic rings. The molecule has 0 spiro atoms. The van der Waals surface area contributed by atoms with E-state index in [-0.39, 0.29) is 30.1 Å². The summed E-state index contributed by atoms with van der Waals surface area (Å²) in [6.07, 6.45) is 3.91. The van der Waals surface area contributed by atoms with Gasteiger partial charge in [-0.15, -0.1) is 5.10 Å². The minimum absolute atomic E-state index is 0.0706. The van der Waals surface area contributed by atoms with E-state index in [0.29, 0.717) is 11.9 Å². The smallest absolute Gasteiger partial charge is 0.336 e. The van der Waals surface area contributed by atoms with Crippen LogP contribution in [0.15, 0.2) is 6.20 Å². The molecule has 1 N–H and O–H groups in total. The lowest BCUT2D eigenvalue weighted by Gasteiger charge is -2.13. The summed E-state index contributed by atoms with van der Waals surface area (Å²) in [6.45, 7) is 3.97. The second-order valence-electron chi connectivity index (χ2n) is 4.55. The van der Waals surface area contributed by atoms with Crippen LogP contribution in [0.3, 0.4) is 0 Å². The number of carbonyl (C=O) groups is 1. The summed E-state index contributed by atoms with van der Waals surface area (Å²) >= 11 is 0. The van der Waals surface area contributed by atoms with Crippen molar-refractivity contribution in [2.24, 2.45) is 0 Å². The highest BCUT2D eigenvalue weighted by atomic mass is 16.5. The van der Waals surface area contributed by atoms with E-state index in [1.165, 1.54) is 17.9 Å². The van der Waals surface area contributed by atoms with Crippen LogP contribution in [0.1, 0.15) is 37.2 Å². The average molecular weight is 285 g/mol. The highest BCUT2D eigenvalue weighted by molar-refractivity contribution is 6.89. The van der Waals surface area contributed by atoms with Crippen molar-refractivity contribution in [3.8, 4) is 6.01 Å². The second kappa shape index (κ2) is 7.10. The number of rotatable bonds is 8. The van der Waals surface area contributed by atoms with Crippen LogP contribution in [0.25, 0.3) is 5.65 Å². The Kier molecular flexibility index (Phi) is 4.70. The maximum Gasteiger partial charge on any atom is 0.336 e. The molecule has 7 nitrogen and oxygen atoms in total. The van der Waals surface area contributed by atoms with E-state index in [4.69, 9.17) is 13.9 Å². The van der Waals surface area contributed by atoms with Gasteiger partial charge in [0.05, 0.1) is 19.5 Å². The van der Waals surface area contributed by atoms with Crippen molar-refractivity contribution in [2.45, 2.75) is 32.8 Å². The molecule has 1 unspecified atom stereocenters. The van der Waals surface area contributed by atoms with Gasteiger partial charge in [0.15, 0.2) is 19.2 Å². The second-order valence-corrected chi connectivity index (χ2v) is 4.55. The van der Waals surface area contributed by atoms with Gasteiger partial charge in [-0.25, -0.2) is 9.50 Å². The zero-order chi connectivity index (χ0) is 16.1. The number of ether oxygens (including phenoxy) is 1. The van der Waals surface area contributed by atoms with Crippen molar-refractivity contribution < 1.29 is 10.9 Å². The standard InChI is InChI=1S/C12H16B2N5O2/c1-3-4-8(2)21-12-17-10(16-7-14-13)11-15-5-9(6-20)19(11)18-12/h5-6,8H,3-4,7H2,1-2H3,(H,16,17,18)/i/hD. The lowest BCUT2D eigenvalue weighted by molar-refractivity contribution is 0.111. The van der Waals surface area contributed by atoms with Crippen LogP contribution in [0.4, 0.5) is 5.82 Å². The molecule has 9 heteroatoms. The number of carbonyl (C=O) groups excluding carboxylic acids is 1. The molecule has 2 rings (SSSR count). The van der Waals surface area contributed by atoms with Gasteiger partial charge in [-0.3, -0.25) is 4.79 Å². The fraction of sp³-hybridized carbons (Fsp3) is 0.500. The molecule has 2 aromatic rings. The molecule has 0 amide bonds. The predicted octanol–water partition coefficient (Wildman–Crippen LogP) is 0.661. The van der Waals surface area contributed by atoms with Gasteiger partial charge in [-0.1, -0.05) is 13.3 Å². The number of imidazole rings is 1. The third-order valence-electron chi connectivity index (χ3n) is 2.82. The maximum absolute atomic E-state index is 11.1. The van der Waals surface area contributed by atoms with Crippen LogP contribution in [-0.4, -0.2) is 53.3 Å². The Morgan fingerprint density at radius 1 is 1.71 bits per heavy atom. The first-order chi connectivity index (χ1) is 10.6. The normalized spacial score (nSPS) is 12.8. The molecule has 2 heterocycles. The van der Waals surface area contributed by atoms with E-state index in [0.717, 1.165) is 18.2 Å². The molecule has 0 saturated carbocycles. The molecule has 0 aliphatic carbocycles. The van der Waals surface area contributed by atoms with Crippen LogP contribution in [0.5, 0.6) is 6.01 Å². The van der Waals surface area contributed by atoms with E-state index < -0.39 is 0 Å². The van der Waals surface area contributed by atoms with Gasteiger partial charge in [-0.05, 0) is 19.8 Å². The predicted molar refractivity (Wildman–Crippen MR) is 81.2 cm³/mol. The van der Waals surface area contributed by atoms with Gasteiger partial charge in [0, 0.05) is 7.74 Å². The minimum atomic E-state index is -0.0706. The van der Waals surface area contributed by atoms with Crippen molar-refractivity contribution in [1.29, 1.82) is 0 Å². The van der Waals surface area contributed by atoms with Crippen LogP contribution in [0, 0.1) is 0 Å². The maximum atomic E-state index is 11.1. The van der Waals surface area contributed by atoms with Crippen LogP contribution >= 0.6 is 0 Å². The first kappa shape index (κ1) is 13.9. The van der Waals surface area contributed by atoms with Crippen molar-refractivity contribution in [1.82, 2.24) is 19.6 Å². The highest BCUT2D eigenvalue weighted by Gasteiger charge is 2.14. The Morgan fingerprint density at radius 3 is 3.19 bits per heavy atom. The number of hydrogen-bond acceptors (Lipinski definition) is 6. The van der Waals surface area contributed by atoms with Gasteiger partial charge in [0.25, 0.3) is 0 Å². The SMILES string of the molecule is [2H]N(C[B][B])c1nc(OC(C)CCC)nn2c(C=O)cnc12. The van der Waals surface area contributed by atoms with E-state index in [9.17, 15) is 4.79 Å². The average Bonchev–Trinajstić information content (AvgIpc) is 2.89. The molecule has 3 radical (unpaired) electrons. The van der Waals surface area contributed by atoms with Crippen molar-refractivity contribution in [2.75, 3.05) is 11.8 Å². The summed E-state index contributed by atoms with van der Waals surface area (Å²) in [6, 6.07) is 0.0961. The number of fused-ring (bicyclic) bond motifs is 1. The Balaban J connectivity index is 2.46. The van der Waals surface area contributed by atoms with Gasteiger partial charge in [-0.2, -0.15) is 4.98 Å². The number of aldehydes is 1. The first-order valence-corrected chi connectivity index (χ1v) is 6.78. The Hall–Kier alpha value is -2.05.